The summed E-state index contributed by atoms with van der Waals surface area (Å²) in [7, 11) is 0. The van der Waals surface area contributed by atoms with Crippen LogP contribution in [0, 0.1) is 0 Å². The van der Waals surface area contributed by atoms with Crippen molar-refractivity contribution in [3.63, 3.8) is 0 Å². The molecule has 0 aliphatic carbocycles. The van der Waals surface area contributed by atoms with Gasteiger partial charge in [0.15, 0.2) is 0 Å². The summed E-state index contributed by atoms with van der Waals surface area (Å²) < 4.78 is 6.58. The molecule has 58 heavy (non-hydrogen) atoms. The molecule has 2 heteroatoms. The molecule has 0 fully saturated rings. The second kappa shape index (κ2) is 14.1. The van der Waals surface area contributed by atoms with Crippen molar-refractivity contribution in [1.82, 2.24) is 0 Å². The summed E-state index contributed by atoms with van der Waals surface area (Å²) in [6.07, 6.45) is 0. The largest absolute Gasteiger partial charge is 0.455 e. The summed E-state index contributed by atoms with van der Waals surface area (Å²) >= 11 is 0. The molecule has 0 atom stereocenters. The second-order valence-corrected chi connectivity index (χ2v) is 14.9. The van der Waals surface area contributed by atoms with Crippen molar-refractivity contribution in [2.75, 3.05) is 4.90 Å². The first-order valence-electron chi connectivity index (χ1n) is 19.8. The predicted octanol–water partition coefficient (Wildman–Crippen LogP) is 16.0. The molecule has 2 nitrogen and oxygen atoms in total. The van der Waals surface area contributed by atoms with Crippen LogP contribution < -0.4 is 4.90 Å². The molecule has 11 aromatic rings. The van der Waals surface area contributed by atoms with E-state index >= 15 is 0 Å². The van der Waals surface area contributed by atoms with E-state index in [0.717, 1.165) is 50.1 Å². The summed E-state index contributed by atoms with van der Waals surface area (Å²) in [6.45, 7) is 0. The van der Waals surface area contributed by atoms with Crippen molar-refractivity contribution in [2.45, 2.75) is 0 Å². The summed E-state index contributed by atoms with van der Waals surface area (Å²) in [5, 5.41) is 7.22. The molecule has 0 aliphatic rings. The normalized spacial score (nSPS) is 11.4. The maximum absolute atomic E-state index is 6.58. The number of para-hydroxylation sites is 1. The Balaban J connectivity index is 0.976. The quantitative estimate of drug-likeness (QED) is 0.151. The average molecular weight is 740 g/mol. The summed E-state index contributed by atoms with van der Waals surface area (Å²) in [5.41, 5.74) is 14.4. The van der Waals surface area contributed by atoms with Gasteiger partial charge in [-0.1, -0.05) is 176 Å². The molecule has 0 aliphatic heterocycles. The first kappa shape index (κ1) is 33.6. The van der Waals surface area contributed by atoms with Gasteiger partial charge in [0.25, 0.3) is 0 Å². The molecule has 0 amide bonds. The molecule has 272 valence electrons. The maximum atomic E-state index is 6.58. The Morgan fingerprint density at radius 1 is 0.276 bits per heavy atom. The Morgan fingerprint density at radius 3 is 1.47 bits per heavy atom. The van der Waals surface area contributed by atoms with Gasteiger partial charge in [-0.2, -0.15) is 0 Å². The summed E-state index contributed by atoms with van der Waals surface area (Å²) in [6, 6.07) is 80.6. The molecule has 0 N–H and O–H groups in total. The molecule has 11 rings (SSSR count). The Bertz CT molecular complexity index is 3240. The molecular formula is C56H37NO. The van der Waals surface area contributed by atoms with Crippen LogP contribution in [0.5, 0.6) is 0 Å². The molecular weight excluding hydrogens is 703 g/mol. The van der Waals surface area contributed by atoms with E-state index in [1.807, 2.05) is 0 Å². The van der Waals surface area contributed by atoms with Gasteiger partial charge < -0.3 is 9.32 Å². The fourth-order valence-corrected chi connectivity index (χ4v) is 8.50. The van der Waals surface area contributed by atoms with Crippen LogP contribution in [0.3, 0.4) is 0 Å². The SMILES string of the molecule is c1ccc(-c2ccc(-c3ccc(N(c4ccc(-c5cccc6c5oc5ccc(-c7ccccc7)cc56)cc4)c4ccc5c(ccc6ccccc65)c4)cc3)cc2)cc1. The monoisotopic (exact) mass is 739 g/mol. The fourth-order valence-electron chi connectivity index (χ4n) is 8.50. The zero-order valence-corrected chi connectivity index (χ0v) is 31.7. The van der Waals surface area contributed by atoms with Gasteiger partial charge in [-0.15, -0.1) is 0 Å². The highest BCUT2D eigenvalue weighted by atomic mass is 16.3. The molecule has 1 aromatic heterocycles. The topological polar surface area (TPSA) is 16.4 Å². The van der Waals surface area contributed by atoms with E-state index in [1.165, 1.54) is 54.9 Å². The van der Waals surface area contributed by atoms with E-state index in [4.69, 9.17) is 4.42 Å². The molecule has 0 bridgehead atoms. The maximum Gasteiger partial charge on any atom is 0.143 e. The Morgan fingerprint density at radius 2 is 0.776 bits per heavy atom. The van der Waals surface area contributed by atoms with Gasteiger partial charge >= 0.3 is 0 Å². The first-order valence-corrected chi connectivity index (χ1v) is 19.8. The predicted molar refractivity (Wildman–Crippen MR) is 245 cm³/mol. The number of fused-ring (bicyclic) bond motifs is 6. The van der Waals surface area contributed by atoms with Crippen LogP contribution in [-0.4, -0.2) is 0 Å². The lowest BCUT2D eigenvalue weighted by atomic mass is 9.99. The van der Waals surface area contributed by atoms with Crippen LogP contribution in [0.4, 0.5) is 17.1 Å². The zero-order valence-electron chi connectivity index (χ0n) is 31.7. The van der Waals surface area contributed by atoms with Crippen LogP contribution in [0.2, 0.25) is 0 Å². The van der Waals surface area contributed by atoms with Crippen LogP contribution in [0.1, 0.15) is 0 Å². The third-order valence-electron chi connectivity index (χ3n) is 11.5. The van der Waals surface area contributed by atoms with Crippen LogP contribution in [0.15, 0.2) is 229 Å². The number of hydrogen-bond acceptors (Lipinski definition) is 2. The fraction of sp³-hybridized carbons (Fsp3) is 0. The van der Waals surface area contributed by atoms with E-state index in [9.17, 15) is 0 Å². The minimum Gasteiger partial charge on any atom is -0.455 e. The van der Waals surface area contributed by atoms with Crippen molar-refractivity contribution >= 4 is 60.5 Å². The Kier molecular flexibility index (Phi) is 8.19. The summed E-state index contributed by atoms with van der Waals surface area (Å²) in [4.78, 5) is 2.35. The van der Waals surface area contributed by atoms with Crippen molar-refractivity contribution < 1.29 is 4.42 Å². The number of nitrogens with zero attached hydrogens (tertiary/aromatic N) is 1. The highest BCUT2D eigenvalue weighted by molar-refractivity contribution is 6.11. The lowest BCUT2D eigenvalue weighted by Crippen LogP contribution is -2.09. The van der Waals surface area contributed by atoms with Crippen LogP contribution >= 0.6 is 0 Å². The van der Waals surface area contributed by atoms with Gasteiger partial charge in [-0.25, -0.2) is 0 Å². The lowest BCUT2D eigenvalue weighted by molar-refractivity contribution is 0.670. The molecule has 0 saturated heterocycles. The molecule has 0 saturated carbocycles. The van der Waals surface area contributed by atoms with E-state index < -0.39 is 0 Å². The smallest absolute Gasteiger partial charge is 0.143 e. The van der Waals surface area contributed by atoms with Crippen LogP contribution in [-0.2, 0) is 0 Å². The Hall–Kier alpha value is -7.68. The van der Waals surface area contributed by atoms with Gasteiger partial charge in [0, 0.05) is 33.4 Å². The van der Waals surface area contributed by atoms with Gasteiger partial charge in [-0.3, -0.25) is 0 Å². The standard InChI is InChI=1S/C56H37NO/c1-3-10-38(11-4-1)40-18-20-41(21-19-40)42-24-29-47(30-25-42)57(49-33-34-51-46(36-49)23-22-43-14-7-8-15-50(43)51)48-31-26-44(27-32-48)52-16-9-17-53-54-37-45(39-12-5-2-6-13-39)28-35-55(54)58-56(52)53/h1-37H. The van der Waals surface area contributed by atoms with E-state index in [0.29, 0.717) is 0 Å². The van der Waals surface area contributed by atoms with Gasteiger partial charge in [0.1, 0.15) is 11.2 Å². The number of furan rings is 1. The second-order valence-electron chi connectivity index (χ2n) is 14.9. The van der Waals surface area contributed by atoms with E-state index in [-0.39, 0.29) is 0 Å². The molecule has 10 aromatic carbocycles. The van der Waals surface area contributed by atoms with Crippen molar-refractivity contribution in [3.8, 4) is 44.5 Å². The average Bonchev–Trinajstić information content (AvgIpc) is 3.68. The third kappa shape index (κ3) is 6.00. The molecule has 0 spiro atoms. The van der Waals surface area contributed by atoms with Crippen molar-refractivity contribution in [2.24, 2.45) is 0 Å². The van der Waals surface area contributed by atoms with Gasteiger partial charge in [0.05, 0.1) is 0 Å². The zero-order chi connectivity index (χ0) is 38.4. The first-order chi connectivity index (χ1) is 28.7. The lowest BCUT2D eigenvalue weighted by Gasteiger charge is -2.26. The molecule has 1 heterocycles. The van der Waals surface area contributed by atoms with Crippen molar-refractivity contribution in [3.05, 3.63) is 224 Å². The highest BCUT2D eigenvalue weighted by Crippen LogP contribution is 2.41. The Labute approximate surface area is 337 Å². The van der Waals surface area contributed by atoms with E-state index in [1.54, 1.807) is 0 Å². The van der Waals surface area contributed by atoms with Crippen LogP contribution in [0.25, 0.3) is 88.0 Å². The van der Waals surface area contributed by atoms with Crippen molar-refractivity contribution in [1.29, 1.82) is 0 Å². The minimum atomic E-state index is 0.893. The highest BCUT2D eigenvalue weighted by Gasteiger charge is 2.17. The third-order valence-corrected chi connectivity index (χ3v) is 11.5. The molecule has 0 radical (unpaired) electrons. The minimum absolute atomic E-state index is 0.893. The molecule has 0 unspecified atom stereocenters. The number of benzene rings is 10. The number of hydrogen-bond donors (Lipinski definition) is 0. The van der Waals surface area contributed by atoms with Gasteiger partial charge in [-0.05, 0) is 109 Å². The number of rotatable bonds is 7. The summed E-state index contributed by atoms with van der Waals surface area (Å²) in [5.74, 6) is 0. The van der Waals surface area contributed by atoms with E-state index in [2.05, 4.69) is 229 Å². The van der Waals surface area contributed by atoms with Gasteiger partial charge in [0.2, 0.25) is 0 Å². The number of anilines is 3.